The Balaban J connectivity index is 0.000000845. The standard InChI is InChI=1S/C5H5N5O2.ClH/c6-4-8-2-1(3(11)10-4)7-5(12)9-2;/h(H5,6,7,8,9,10,11,12);1H/p-1. The number of H-pyrrole nitrogens is 3. The van der Waals surface area contributed by atoms with E-state index in [1.807, 2.05) is 0 Å². The van der Waals surface area contributed by atoms with Crippen LogP contribution in [0, 0.1) is 0 Å². The number of nitrogen functional groups attached to an aromatic ring is 1. The molecule has 0 amide bonds. The predicted molar refractivity (Wildman–Crippen MR) is 41.7 cm³/mol. The number of aromatic nitrogens is 4. The first-order valence-electron chi connectivity index (χ1n) is 3.14. The summed E-state index contributed by atoms with van der Waals surface area (Å²) >= 11 is 0. The molecule has 0 fully saturated rings. The van der Waals surface area contributed by atoms with Crippen molar-refractivity contribution in [1.82, 2.24) is 19.9 Å². The average molecular weight is 203 g/mol. The van der Waals surface area contributed by atoms with E-state index in [1.54, 1.807) is 0 Å². The van der Waals surface area contributed by atoms with Gasteiger partial charge < -0.3 is 18.1 Å². The highest BCUT2D eigenvalue weighted by Crippen LogP contribution is 1.96. The average Bonchev–Trinajstić information content (AvgIpc) is 2.29. The fourth-order valence-electron chi connectivity index (χ4n) is 0.949. The second-order valence-corrected chi connectivity index (χ2v) is 2.25. The number of hydrogen-bond donors (Lipinski definition) is 4. The maximum atomic E-state index is 11.0. The van der Waals surface area contributed by atoms with Crippen LogP contribution in [0.3, 0.4) is 0 Å². The molecule has 0 aliphatic carbocycles. The van der Waals surface area contributed by atoms with Crippen molar-refractivity contribution in [2.24, 2.45) is 0 Å². The van der Waals surface area contributed by atoms with Gasteiger partial charge in [0.25, 0.3) is 5.56 Å². The lowest BCUT2D eigenvalue weighted by atomic mass is 10.5. The predicted octanol–water partition coefficient (Wildman–Crippen LogP) is -4.47. The van der Waals surface area contributed by atoms with Crippen LogP contribution in [0.5, 0.6) is 0 Å². The minimum absolute atomic E-state index is 0. The third-order valence-corrected chi connectivity index (χ3v) is 1.41. The largest absolute Gasteiger partial charge is 1.00 e. The molecule has 0 unspecified atom stereocenters. The minimum Gasteiger partial charge on any atom is -1.00 e. The van der Waals surface area contributed by atoms with E-state index >= 15 is 0 Å². The highest BCUT2D eigenvalue weighted by molar-refractivity contribution is 5.69. The molecule has 0 atom stereocenters. The molecule has 2 aromatic rings. The van der Waals surface area contributed by atoms with Gasteiger partial charge in [0.05, 0.1) is 0 Å². The van der Waals surface area contributed by atoms with Gasteiger partial charge in [-0.25, -0.2) is 4.79 Å². The molecule has 2 heterocycles. The molecule has 70 valence electrons. The van der Waals surface area contributed by atoms with Crippen LogP contribution in [0.2, 0.25) is 0 Å². The zero-order valence-corrected chi connectivity index (χ0v) is 6.97. The summed E-state index contributed by atoms with van der Waals surface area (Å²) in [6, 6.07) is 0. The molecule has 0 saturated carbocycles. The smallest absolute Gasteiger partial charge is 0.325 e. The molecular formula is C5H5ClN5O2-. The van der Waals surface area contributed by atoms with Gasteiger partial charge in [0, 0.05) is 0 Å². The lowest BCUT2D eigenvalue weighted by Crippen LogP contribution is -3.00. The summed E-state index contributed by atoms with van der Waals surface area (Å²) in [7, 11) is 0. The van der Waals surface area contributed by atoms with Gasteiger partial charge in [-0.05, 0) is 0 Å². The quantitative estimate of drug-likeness (QED) is 0.344. The van der Waals surface area contributed by atoms with Crippen LogP contribution in [0.4, 0.5) is 5.95 Å². The van der Waals surface area contributed by atoms with Gasteiger partial charge in [-0.15, -0.1) is 0 Å². The molecule has 0 aliphatic rings. The Labute approximate surface area is 76.8 Å². The molecule has 0 aliphatic heterocycles. The van der Waals surface area contributed by atoms with E-state index < -0.39 is 11.2 Å². The maximum absolute atomic E-state index is 11.0. The van der Waals surface area contributed by atoms with Gasteiger partial charge in [0.15, 0.2) is 11.2 Å². The summed E-state index contributed by atoms with van der Waals surface area (Å²) < 4.78 is 0. The Bertz CT molecular complexity index is 538. The molecule has 0 saturated heterocycles. The Morgan fingerprint density at radius 2 is 1.85 bits per heavy atom. The molecule has 0 spiro atoms. The van der Waals surface area contributed by atoms with Gasteiger partial charge in [-0.1, -0.05) is 0 Å². The first-order chi connectivity index (χ1) is 5.66. The van der Waals surface area contributed by atoms with E-state index in [1.165, 1.54) is 0 Å². The molecule has 0 aromatic carbocycles. The fourth-order valence-corrected chi connectivity index (χ4v) is 0.949. The molecular weight excluding hydrogens is 198 g/mol. The number of imidazole rings is 1. The van der Waals surface area contributed by atoms with Crippen molar-refractivity contribution in [2.45, 2.75) is 0 Å². The number of anilines is 1. The number of nitrogens with zero attached hydrogens (tertiary/aromatic N) is 1. The second-order valence-electron chi connectivity index (χ2n) is 2.25. The van der Waals surface area contributed by atoms with E-state index in [4.69, 9.17) is 5.73 Å². The lowest BCUT2D eigenvalue weighted by molar-refractivity contribution is -0.00000294. The normalized spacial score (nSPS) is 9.85. The first kappa shape index (κ1) is 9.33. The highest BCUT2D eigenvalue weighted by Gasteiger charge is 2.03. The molecule has 2 aromatic heterocycles. The molecule has 2 rings (SSSR count). The Kier molecular flexibility index (Phi) is 2.11. The number of aromatic amines is 3. The zero-order chi connectivity index (χ0) is 8.72. The van der Waals surface area contributed by atoms with Crippen molar-refractivity contribution in [3.63, 3.8) is 0 Å². The Morgan fingerprint density at radius 3 is 2.54 bits per heavy atom. The SMILES string of the molecule is Nc1nc2[nH]c(=O)[nH]c2c(=O)[nH]1.[Cl-]. The molecule has 0 bridgehead atoms. The highest BCUT2D eigenvalue weighted by atomic mass is 35.5. The van der Waals surface area contributed by atoms with E-state index in [9.17, 15) is 9.59 Å². The number of fused-ring (bicyclic) bond motifs is 1. The van der Waals surface area contributed by atoms with Crippen molar-refractivity contribution < 1.29 is 12.4 Å². The maximum Gasteiger partial charge on any atom is 0.325 e. The number of nitrogens with two attached hydrogens (primary N) is 1. The van der Waals surface area contributed by atoms with Crippen LogP contribution in [0.1, 0.15) is 0 Å². The van der Waals surface area contributed by atoms with Crippen LogP contribution >= 0.6 is 0 Å². The van der Waals surface area contributed by atoms with Crippen LogP contribution in [0.15, 0.2) is 9.59 Å². The summed E-state index contributed by atoms with van der Waals surface area (Å²) in [4.78, 5) is 32.3. The van der Waals surface area contributed by atoms with Gasteiger partial charge in [-0.2, -0.15) is 4.98 Å². The van der Waals surface area contributed by atoms with Crippen LogP contribution < -0.4 is 29.4 Å². The van der Waals surface area contributed by atoms with Crippen molar-refractivity contribution in [1.29, 1.82) is 0 Å². The van der Waals surface area contributed by atoms with E-state index in [-0.39, 0.29) is 29.5 Å². The monoisotopic (exact) mass is 202 g/mol. The van der Waals surface area contributed by atoms with Gasteiger partial charge >= 0.3 is 5.69 Å². The number of hydrogen-bond acceptors (Lipinski definition) is 4. The number of halogens is 1. The van der Waals surface area contributed by atoms with Crippen molar-refractivity contribution in [2.75, 3.05) is 5.73 Å². The second kappa shape index (κ2) is 2.94. The van der Waals surface area contributed by atoms with Crippen molar-refractivity contribution >= 4 is 17.1 Å². The van der Waals surface area contributed by atoms with Crippen LogP contribution in [-0.2, 0) is 0 Å². The fraction of sp³-hybridized carbons (Fsp3) is 0. The zero-order valence-electron chi connectivity index (χ0n) is 6.22. The van der Waals surface area contributed by atoms with Crippen molar-refractivity contribution in [3.8, 4) is 0 Å². The Hall–Kier alpha value is -1.76. The molecule has 0 radical (unpaired) electrons. The summed E-state index contributed by atoms with van der Waals surface area (Å²) in [6.07, 6.45) is 0. The van der Waals surface area contributed by atoms with Crippen LogP contribution in [0.25, 0.3) is 11.2 Å². The van der Waals surface area contributed by atoms with Crippen molar-refractivity contribution in [3.05, 3.63) is 20.8 Å². The van der Waals surface area contributed by atoms with Gasteiger partial charge in [-0.3, -0.25) is 19.7 Å². The summed E-state index contributed by atoms with van der Waals surface area (Å²) in [5, 5.41) is 0. The first-order valence-corrected chi connectivity index (χ1v) is 3.14. The number of nitrogens with one attached hydrogen (secondary N) is 3. The molecule has 5 N–H and O–H groups in total. The summed E-state index contributed by atoms with van der Waals surface area (Å²) in [6.45, 7) is 0. The third kappa shape index (κ3) is 1.41. The Morgan fingerprint density at radius 1 is 1.15 bits per heavy atom. The van der Waals surface area contributed by atoms with E-state index in [0.717, 1.165) is 0 Å². The topological polar surface area (TPSA) is 120 Å². The summed E-state index contributed by atoms with van der Waals surface area (Å²) in [5.74, 6) is -0.0252. The lowest BCUT2D eigenvalue weighted by Gasteiger charge is -1.89. The van der Waals surface area contributed by atoms with E-state index in [0.29, 0.717) is 0 Å². The number of rotatable bonds is 0. The van der Waals surface area contributed by atoms with Gasteiger partial charge in [0.2, 0.25) is 5.95 Å². The molecule has 8 heteroatoms. The minimum atomic E-state index is -0.478. The molecule has 7 nitrogen and oxygen atoms in total. The van der Waals surface area contributed by atoms with Gasteiger partial charge in [0.1, 0.15) is 0 Å². The molecule has 13 heavy (non-hydrogen) atoms. The van der Waals surface area contributed by atoms with E-state index in [2.05, 4.69) is 19.9 Å². The van der Waals surface area contributed by atoms with Crippen LogP contribution in [-0.4, -0.2) is 19.9 Å². The third-order valence-electron chi connectivity index (χ3n) is 1.41. The summed E-state index contributed by atoms with van der Waals surface area (Å²) in [5.41, 5.74) is 4.56.